The summed E-state index contributed by atoms with van der Waals surface area (Å²) in [5.74, 6) is 1.75. The molecule has 5 rings (SSSR count). The Morgan fingerprint density at radius 1 is 1.20 bits per heavy atom. The van der Waals surface area contributed by atoms with Crippen LogP contribution in [0.5, 0.6) is 0 Å². The van der Waals surface area contributed by atoms with Gasteiger partial charge in [0.15, 0.2) is 17.5 Å². The third-order valence-corrected chi connectivity index (χ3v) is 5.75. The monoisotopic (exact) mass is 406 g/mol. The lowest BCUT2D eigenvalue weighted by Gasteiger charge is -2.34. The highest BCUT2D eigenvalue weighted by atomic mass is 16.5. The number of rotatable bonds is 4. The summed E-state index contributed by atoms with van der Waals surface area (Å²) in [5.41, 5.74) is 3.12. The summed E-state index contributed by atoms with van der Waals surface area (Å²) in [6.45, 7) is 2.20. The minimum Gasteiger partial charge on any atom is -0.381 e. The van der Waals surface area contributed by atoms with E-state index in [1.54, 1.807) is 13.3 Å². The average Bonchev–Trinajstić information content (AvgIpc) is 3.45. The number of aromatic amines is 1. The van der Waals surface area contributed by atoms with Crippen LogP contribution in [0.2, 0.25) is 0 Å². The predicted molar refractivity (Wildman–Crippen MR) is 110 cm³/mol. The van der Waals surface area contributed by atoms with Crippen LogP contribution in [0.15, 0.2) is 24.7 Å². The van der Waals surface area contributed by atoms with Crippen LogP contribution in [0.3, 0.4) is 0 Å². The highest BCUT2D eigenvalue weighted by Crippen LogP contribution is 2.35. The summed E-state index contributed by atoms with van der Waals surface area (Å²) in [5, 5.41) is 10.7. The molecule has 4 heterocycles. The number of carbonyl (C=O) groups excluding carboxylic acids is 1. The topological polar surface area (TPSA) is 122 Å². The molecule has 0 saturated heterocycles. The SMILES string of the molecule is CO[C@H]1CCC(N2CC(=O)Nc3ncc(-c4ccc(-c5nnc[nH]5)nc4C)nc32)C1. The predicted octanol–water partition coefficient (Wildman–Crippen LogP) is 1.96. The van der Waals surface area contributed by atoms with Crippen LogP contribution in [0.4, 0.5) is 11.6 Å². The number of hydrogen-bond acceptors (Lipinski definition) is 8. The molecule has 1 aliphatic heterocycles. The van der Waals surface area contributed by atoms with E-state index in [9.17, 15) is 4.79 Å². The number of H-pyrrole nitrogens is 1. The Morgan fingerprint density at radius 3 is 2.83 bits per heavy atom. The van der Waals surface area contributed by atoms with Gasteiger partial charge >= 0.3 is 0 Å². The summed E-state index contributed by atoms with van der Waals surface area (Å²) in [7, 11) is 1.74. The van der Waals surface area contributed by atoms with E-state index < -0.39 is 0 Å². The first kappa shape index (κ1) is 18.6. The lowest BCUT2D eigenvalue weighted by atomic mass is 10.1. The lowest BCUT2D eigenvalue weighted by Crippen LogP contribution is -2.44. The fourth-order valence-electron chi connectivity index (χ4n) is 4.21. The van der Waals surface area contributed by atoms with E-state index in [0.29, 0.717) is 28.8 Å². The maximum atomic E-state index is 12.2. The second kappa shape index (κ2) is 7.45. The van der Waals surface area contributed by atoms with Crippen LogP contribution in [0, 0.1) is 6.92 Å². The van der Waals surface area contributed by atoms with Gasteiger partial charge in [-0.25, -0.2) is 15.0 Å². The Labute approximate surface area is 173 Å². The number of anilines is 2. The smallest absolute Gasteiger partial charge is 0.245 e. The van der Waals surface area contributed by atoms with Crippen molar-refractivity contribution in [1.82, 2.24) is 30.1 Å². The molecule has 10 heteroatoms. The van der Waals surface area contributed by atoms with Crippen molar-refractivity contribution < 1.29 is 9.53 Å². The van der Waals surface area contributed by atoms with E-state index >= 15 is 0 Å². The van der Waals surface area contributed by atoms with Gasteiger partial charge in [-0.2, -0.15) is 0 Å². The van der Waals surface area contributed by atoms with E-state index in [1.807, 2.05) is 19.1 Å². The summed E-state index contributed by atoms with van der Waals surface area (Å²) >= 11 is 0. The zero-order chi connectivity index (χ0) is 20.7. The van der Waals surface area contributed by atoms with Gasteiger partial charge in [-0.3, -0.25) is 4.79 Å². The summed E-state index contributed by atoms with van der Waals surface area (Å²) < 4.78 is 5.51. The first-order valence-corrected chi connectivity index (χ1v) is 9.93. The van der Waals surface area contributed by atoms with Crippen molar-refractivity contribution in [3.05, 3.63) is 30.4 Å². The minimum absolute atomic E-state index is 0.0697. The molecule has 1 aliphatic carbocycles. The fourth-order valence-corrected chi connectivity index (χ4v) is 4.21. The molecule has 1 unspecified atom stereocenters. The largest absolute Gasteiger partial charge is 0.381 e. The molecule has 1 saturated carbocycles. The highest BCUT2D eigenvalue weighted by Gasteiger charge is 2.35. The molecule has 2 N–H and O–H groups in total. The van der Waals surface area contributed by atoms with E-state index in [4.69, 9.17) is 9.72 Å². The molecule has 0 spiro atoms. The van der Waals surface area contributed by atoms with Crippen molar-refractivity contribution in [2.75, 3.05) is 23.9 Å². The molecule has 3 aromatic rings. The first-order chi connectivity index (χ1) is 14.6. The standard InChI is InChI=1S/C20H22N8O2/c1-11-14(5-6-15(24-11)18-22-10-23-27-18)16-8-21-19-20(25-16)28(9-17(29)26-19)12-3-4-13(7-12)30-2/h5-6,8,10,12-13H,3-4,7,9H2,1-2H3,(H,21,26,29)(H,22,23,27)/t12?,13-/m0/s1. The zero-order valence-electron chi connectivity index (χ0n) is 16.8. The molecular weight excluding hydrogens is 384 g/mol. The quantitative estimate of drug-likeness (QED) is 0.674. The molecule has 30 heavy (non-hydrogen) atoms. The second-order valence-corrected chi connectivity index (χ2v) is 7.60. The molecule has 1 fully saturated rings. The normalized spacial score (nSPS) is 20.9. The number of pyridine rings is 1. The number of hydrogen-bond donors (Lipinski definition) is 2. The Bertz CT molecular complexity index is 1080. The van der Waals surface area contributed by atoms with Crippen LogP contribution in [0.25, 0.3) is 22.8 Å². The maximum Gasteiger partial charge on any atom is 0.245 e. The number of ether oxygens (including phenoxy) is 1. The molecule has 1 amide bonds. The average molecular weight is 406 g/mol. The van der Waals surface area contributed by atoms with Crippen LogP contribution in [0.1, 0.15) is 25.0 Å². The van der Waals surface area contributed by atoms with Gasteiger partial charge in [0.2, 0.25) is 5.91 Å². The van der Waals surface area contributed by atoms with Gasteiger partial charge in [0, 0.05) is 24.4 Å². The van der Waals surface area contributed by atoms with Gasteiger partial charge < -0.3 is 19.9 Å². The number of carbonyl (C=O) groups is 1. The van der Waals surface area contributed by atoms with Crippen molar-refractivity contribution >= 4 is 17.5 Å². The van der Waals surface area contributed by atoms with Gasteiger partial charge in [0.25, 0.3) is 0 Å². The minimum atomic E-state index is -0.0697. The molecule has 2 aliphatic rings. The molecule has 0 bridgehead atoms. The van der Waals surface area contributed by atoms with Crippen molar-refractivity contribution in [2.24, 2.45) is 0 Å². The highest BCUT2D eigenvalue weighted by molar-refractivity contribution is 5.99. The maximum absolute atomic E-state index is 12.2. The third kappa shape index (κ3) is 3.28. The molecule has 0 aromatic carbocycles. The third-order valence-electron chi connectivity index (χ3n) is 5.75. The van der Waals surface area contributed by atoms with Crippen molar-refractivity contribution in [2.45, 2.75) is 38.3 Å². The van der Waals surface area contributed by atoms with Crippen LogP contribution in [-0.2, 0) is 9.53 Å². The molecule has 2 atom stereocenters. The number of fused-ring (bicyclic) bond motifs is 1. The summed E-state index contributed by atoms with van der Waals surface area (Å²) in [6, 6.07) is 4.04. The van der Waals surface area contributed by atoms with Gasteiger partial charge in [-0.05, 0) is 38.3 Å². The molecule has 154 valence electrons. The van der Waals surface area contributed by atoms with Gasteiger partial charge in [-0.15, -0.1) is 10.2 Å². The Hall–Kier alpha value is -3.40. The fraction of sp³-hybridized carbons (Fsp3) is 0.400. The number of nitrogens with one attached hydrogen (secondary N) is 2. The molecule has 3 aromatic heterocycles. The Kier molecular flexibility index (Phi) is 4.62. The van der Waals surface area contributed by atoms with E-state index in [1.165, 1.54) is 6.33 Å². The summed E-state index contributed by atoms with van der Waals surface area (Å²) in [6.07, 6.45) is 6.23. The van der Waals surface area contributed by atoms with Crippen molar-refractivity contribution in [1.29, 1.82) is 0 Å². The number of methoxy groups -OCH3 is 1. The van der Waals surface area contributed by atoms with Gasteiger partial charge in [0.05, 0.1) is 24.5 Å². The summed E-state index contributed by atoms with van der Waals surface area (Å²) in [4.78, 5) is 31.3. The number of amides is 1. The zero-order valence-corrected chi connectivity index (χ0v) is 16.8. The first-order valence-electron chi connectivity index (χ1n) is 9.93. The molecule has 10 nitrogen and oxygen atoms in total. The van der Waals surface area contributed by atoms with Gasteiger partial charge in [-0.1, -0.05) is 0 Å². The number of aromatic nitrogens is 6. The van der Waals surface area contributed by atoms with Crippen LogP contribution in [-0.4, -0.2) is 61.8 Å². The Morgan fingerprint density at radius 2 is 2.10 bits per heavy atom. The van der Waals surface area contributed by atoms with Gasteiger partial charge in [0.1, 0.15) is 12.0 Å². The Balaban J connectivity index is 1.50. The molecular formula is C20H22N8O2. The number of aryl methyl sites for hydroxylation is 1. The van der Waals surface area contributed by atoms with E-state index in [0.717, 1.165) is 30.5 Å². The lowest BCUT2D eigenvalue weighted by molar-refractivity contribution is -0.115. The van der Waals surface area contributed by atoms with Crippen molar-refractivity contribution in [3.8, 4) is 22.8 Å². The van der Waals surface area contributed by atoms with E-state index in [-0.39, 0.29) is 24.6 Å². The van der Waals surface area contributed by atoms with Crippen LogP contribution >= 0.6 is 0 Å². The molecule has 0 radical (unpaired) electrons. The van der Waals surface area contributed by atoms with Crippen LogP contribution < -0.4 is 10.2 Å². The van der Waals surface area contributed by atoms with Crippen molar-refractivity contribution in [3.63, 3.8) is 0 Å². The van der Waals surface area contributed by atoms with E-state index in [2.05, 4.69) is 35.4 Å². The second-order valence-electron chi connectivity index (χ2n) is 7.60. The number of nitrogens with zero attached hydrogens (tertiary/aromatic N) is 6.